The standard InChI is InChI=1S/C16H18N2O4S/c1-16-7-6-13(19)18(16)12(9-23-16)15(21)22-8-10-4-2-3-5-11(10)14(17)20/h2-5,12H,6-9H2,1H3,(H2,17,20)/t12-,16-/m0/s1. The Labute approximate surface area is 138 Å². The second-order valence-corrected chi connectivity index (χ2v) is 7.40. The molecule has 0 aromatic heterocycles. The van der Waals surface area contributed by atoms with Gasteiger partial charge in [0.05, 0.1) is 4.87 Å². The van der Waals surface area contributed by atoms with Crippen LogP contribution < -0.4 is 5.73 Å². The number of primary amides is 1. The first-order valence-electron chi connectivity index (χ1n) is 7.43. The predicted molar refractivity (Wildman–Crippen MR) is 85.5 cm³/mol. The van der Waals surface area contributed by atoms with Crippen molar-refractivity contribution in [2.75, 3.05) is 5.75 Å². The van der Waals surface area contributed by atoms with Gasteiger partial charge in [-0.2, -0.15) is 0 Å². The van der Waals surface area contributed by atoms with Crippen LogP contribution in [-0.4, -0.2) is 39.3 Å². The van der Waals surface area contributed by atoms with Crippen molar-refractivity contribution in [3.05, 3.63) is 35.4 Å². The van der Waals surface area contributed by atoms with Gasteiger partial charge >= 0.3 is 5.97 Å². The summed E-state index contributed by atoms with van der Waals surface area (Å²) in [5.74, 6) is -0.457. The first kappa shape index (κ1) is 15.9. The zero-order valence-corrected chi connectivity index (χ0v) is 13.6. The second kappa shape index (κ2) is 5.88. The maximum atomic E-state index is 12.4. The van der Waals surface area contributed by atoms with Gasteiger partial charge in [-0.3, -0.25) is 9.59 Å². The van der Waals surface area contributed by atoms with E-state index in [1.54, 1.807) is 40.9 Å². The van der Waals surface area contributed by atoms with Crippen LogP contribution in [0.4, 0.5) is 0 Å². The molecule has 1 aromatic carbocycles. The quantitative estimate of drug-likeness (QED) is 0.838. The molecule has 0 bridgehead atoms. The lowest BCUT2D eigenvalue weighted by molar-refractivity contribution is -0.154. The molecule has 2 N–H and O–H groups in total. The number of amides is 2. The van der Waals surface area contributed by atoms with E-state index in [1.807, 2.05) is 6.92 Å². The van der Waals surface area contributed by atoms with Gasteiger partial charge in [-0.25, -0.2) is 4.79 Å². The lowest BCUT2D eigenvalue weighted by Crippen LogP contribution is -2.46. The Morgan fingerprint density at radius 2 is 2.17 bits per heavy atom. The lowest BCUT2D eigenvalue weighted by atomic mass is 10.1. The SMILES string of the molecule is C[C@]12CCC(=O)N1[C@H](C(=O)OCc1ccccc1C(N)=O)CS2. The van der Waals surface area contributed by atoms with Gasteiger partial charge in [-0.1, -0.05) is 18.2 Å². The Morgan fingerprint density at radius 1 is 1.43 bits per heavy atom. The van der Waals surface area contributed by atoms with Crippen LogP contribution in [-0.2, 0) is 20.9 Å². The third-order valence-electron chi connectivity index (χ3n) is 4.37. The number of fused-ring (bicyclic) bond motifs is 1. The van der Waals surface area contributed by atoms with E-state index in [2.05, 4.69) is 0 Å². The zero-order valence-electron chi connectivity index (χ0n) is 12.8. The van der Waals surface area contributed by atoms with E-state index in [0.29, 0.717) is 23.3 Å². The van der Waals surface area contributed by atoms with Crippen LogP contribution in [0.25, 0.3) is 0 Å². The number of carbonyl (C=O) groups excluding carboxylic acids is 3. The summed E-state index contributed by atoms with van der Waals surface area (Å²) < 4.78 is 5.35. The number of benzene rings is 1. The van der Waals surface area contributed by atoms with Crippen molar-refractivity contribution in [1.82, 2.24) is 4.90 Å². The first-order chi connectivity index (χ1) is 10.9. The van der Waals surface area contributed by atoms with Gasteiger partial charge in [0, 0.05) is 23.3 Å². The number of hydrogen-bond donors (Lipinski definition) is 1. The summed E-state index contributed by atoms with van der Waals surface area (Å²) in [7, 11) is 0. The van der Waals surface area contributed by atoms with Gasteiger partial charge in [-0.15, -0.1) is 11.8 Å². The molecule has 2 atom stereocenters. The van der Waals surface area contributed by atoms with Crippen LogP contribution in [0.5, 0.6) is 0 Å². The Morgan fingerprint density at radius 3 is 2.91 bits per heavy atom. The molecule has 0 spiro atoms. The number of esters is 1. The van der Waals surface area contributed by atoms with Crippen LogP contribution >= 0.6 is 11.8 Å². The molecule has 0 unspecified atom stereocenters. The molecule has 7 heteroatoms. The van der Waals surface area contributed by atoms with Crippen LogP contribution in [0.2, 0.25) is 0 Å². The fourth-order valence-corrected chi connectivity index (χ4v) is 4.54. The highest BCUT2D eigenvalue weighted by Gasteiger charge is 2.53. The number of rotatable bonds is 4. The molecule has 2 aliphatic heterocycles. The normalized spacial score (nSPS) is 26.2. The summed E-state index contributed by atoms with van der Waals surface area (Å²) in [6, 6.07) is 6.19. The second-order valence-electron chi connectivity index (χ2n) is 5.89. The molecule has 0 radical (unpaired) electrons. The minimum atomic E-state index is -0.560. The Bertz CT molecular complexity index is 678. The van der Waals surface area contributed by atoms with Gasteiger partial charge < -0.3 is 15.4 Å². The number of thioether (sulfide) groups is 1. The Hall–Kier alpha value is -2.02. The van der Waals surface area contributed by atoms with Crippen molar-refractivity contribution < 1.29 is 19.1 Å². The Balaban J connectivity index is 1.69. The van der Waals surface area contributed by atoms with Crippen molar-refractivity contribution >= 4 is 29.5 Å². The van der Waals surface area contributed by atoms with Crippen LogP contribution in [0.3, 0.4) is 0 Å². The third-order valence-corrected chi connectivity index (χ3v) is 5.87. The molecule has 23 heavy (non-hydrogen) atoms. The fraction of sp³-hybridized carbons (Fsp3) is 0.438. The molecular formula is C16H18N2O4S. The van der Waals surface area contributed by atoms with Gasteiger partial charge in [0.2, 0.25) is 11.8 Å². The number of ether oxygens (including phenoxy) is 1. The highest BCUT2D eigenvalue weighted by Crippen LogP contribution is 2.47. The molecule has 0 aliphatic carbocycles. The molecular weight excluding hydrogens is 316 g/mol. The van der Waals surface area contributed by atoms with E-state index in [9.17, 15) is 14.4 Å². The third kappa shape index (κ3) is 2.81. The molecule has 2 saturated heterocycles. The molecule has 3 rings (SSSR count). The molecule has 1 aromatic rings. The fourth-order valence-electron chi connectivity index (χ4n) is 3.13. The number of hydrogen-bond acceptors (Lipinski definition) is 5. The van der Waals surface area contributed by atoms with E-state index in [-0.39, 0.29) is 17.4 Å². The minimum Gasteiger partial charge on any atom is -0.459 e. The average molecular weight is 334 g/mol. The maximum absolute atomic E-state index is 12.4. The highest BCUT2D eigenvalue weighted by molar-refractivity contribution is 8.01. The van der Waals surface area contributed by atoms with Gasteiger partial charge in [0.15, 0.2) is 0 Å². The highest BCUT2D eigenvalue weighted by atomic mass is 32.2. The number of nitrogens with two attached hydrogens (primary N) is 1. The van der Waals surface area contributed by atoms with Crippen LogP contribution in [0, 0.1) is 0 Å². The van der Waals surface area contributed by atoms with Gasteiger partial charge in [-0.05, 0) is 19.4 Å². The van der Waals surface area contributed by atoms with Crippen molar-refractivity contribution in [2.45, 2.75) is 37.3 Å². The summed E-state index contributed by atoms with van der Waals surface area (Å²) in [6.07, 6.45) is 1.22. The van der Waals surface area contributed by atoms with E-state index in [0.717, 1.165) is 6.42 Å². The van der Waals surface area contributed by atoms with E-state index >= 15 is 0 Å². The van der Waals surface area contributed by atoms with Crippen molar-refractivity contribution in [3.8, 4) is 0 Å². The molecule has 122 valence electrons. The summed E-state index contributed by atoms with van der Waals surface area (Å²) in [5, 5.41) is 0. The van der Waals surface area contributed by atoms with Crippen LogP contribution in [0.15, 0.2) is 24.3 Å². The smallest absolute Gasteiger partial charge is 0.330 e. The van der Waals surface area contributed by atoms with Gasteiger partial charge in [0.25, 0.3) is 0 Å². The number of carbonyl (C=O) groups is 3. The van der Waals surface area contributed by atoms with E-state index in [1.165, 1.54) is 0 Å². The maximum Gasteiger partial charge on any atom is 0.330 e. The number of nitrogens with zero attached hydrogens (tertiary/aromatic N) is 1. The van der Waals surface area contributed by atoms with E-state index in [4.69, 9.17) is 10.5 Å². The topological polar surface area (TPSA) is 89.7 Å². The summed E-state index contributed by atoms with van der Waals surface area (Å²) >= 11 is 1.62. The van der Waals surface area contributed by atoms with Crippen molar-refractivity contribution in [3.63, 3.8) is 0 Å². The summed E-state index contributed by atoms with van der Waals surface area (Å²) in [5.41, 5.74) is 6.21. The van der Waals surface area contributed by atoms with Crippen molar-refractivity contribution in [1.29, 1.82) is 0 Å². The van der Waals surface area contributed by atoms with Crippen LogP contribution in [0.1, 0.15) is 35.7 Å². The zero-order chi connectivity index (χ0) is 16.6. The lowest BCUT2D eigenvalue weighted by Gasteiger charge is -2.29. The largest absolute Gasteiger partial charge is 0.459 e. The monoisotopic (exact) mass is 334 g/mol. The molecule has 2 aliphatic rings. The molecule has 2 fully saturated rings. The minimum absolute atomic E-state index is 0.00279. The first-order valence-corrected chi connectivity index (χ1v) is 8.41. The Kier molecular flexibility index (Phi) is 4.06. The summed E-state index contributed by atoms with van der Waals surface area (Å²) in [4.78, 5) is 37.2. The summed E-state index contributed by atoms with van der Waals surface area (Å²) in [6.45, 7) is 1.95. The molecule has 0 saturated carbocycles. The average Bonchev–Trinajstić information content (AvgIpc) is 3.02. The molecule has 6 nitrogen and oxygen atoms in total. The molecule has 2 heterocycles. The molecule has 2 amide bonds. The predicted octanol–water partition coefficient (Wildman–Crippen LogP) is 1.28. The van der Waals surface area contributed by atoms with Gasteiger partial charge in [0.1, 0.15) is 12.6 Å². The van der Waals surface area contributed by atoms with E-state index < -0.39 is 17.9 Å². The van der Waals surface area contributed by atoms with Crippen molar-refractivity contribution in [2.24, 2.45) is 5.73 Å².